The molecule has 6 nitrogen and oxygen atoms in total. The van der Waals surface area contributed by atoms with Gasteiger partial charge in [-0.2, -0.15) is 5.10 Å². The molecule has 1 aromatic heterocycles. The molecule has 0 fully saturated rings. The van der Waals surface area contributed by atoms with E-state index in [1.54, 1.807) is 18.2 Å². The average molecular weight is 301 g/mol. The predicted octanol–water partition coefficient (Wildman–Crippen LogP) is 2.43. The van der Waals surface area contributed by atoms with Crippen molar-refractivity contribution < 1.29 is 14.6 Å². The molecule has 0 saturated heterocycles. The molecule has 3 N–H and O–H groups in total. The van der Waals surface area contributed by atoms with Crippen molar-refractivity contribution in [3.05, 3.63) is 41.2 Å². The smallest absolute Gasteiger partial charge is 0.276 e. The van der Waals surface area contributed by atoms with Crippen LogP contribution in [0.1, 0.15) is 47.6 Å². The van der Waals surface area contributed by atoms with E-state index in [4.69, 9.17) is 4.74 Å². The van der Waals surface area contributed by atoms with Crippen LogP contribution < -0.4 is 10.1 Å². The van der Waals surface area contributed by atoms with E-state index in [1.807, 2.05) is 6.07 Å². The number of rotatable bonds is 4. The molecule has 0 radical (unpaired) electrons. The van der Waals surface area contributed by atoms with E-state index in [1.165, 1.54) is 0 Å². The first-order valence-corrected chi connectivity index (χ1v) is 7.48. The number of anilines is 1. The van der Waals surface area contributed by atoms with Gasteiger partial charge in [0.25, 0.3) is 5.91 Å². The number of aryl methyl sites for hydroxylation is 1. The maximum Gasteiger partial charge on any atom is 0.276 e. The van der Waals surface area contributed by atoms with Crippen LogP contribution in [0.5, 0.6) is 5.75 Å². The van der Waals surface area contributed by atoms with Gasteiger partial charge in [-0.1, -0.05) is 25.5 Å². The van der Waals surface area contributed by atoms with Crippen molar-refractivity contribution in [3.8, 4) is 5.75 Å². The fourth-order valence-corrected chi connectivity index (χ4v) is 2.57. The van der Waals surface area contributed by atoms with Crippen LogP contribution in [0.15, 0.2) is 24.3 Å². The molecule has 0 spiro atoms. The van der Waals surface area contributed by atoms with Gasteiger partial charge in [0.15, 0.2) is 5.69 Å². The van der Waals surface area contributed by atoms with Gasteiger partial charge in [0.2, 0.25) is 0 Å². The van der Waals surface area contributed by atoms with E-state index in [2.05, 4.69) is 22.4 Å². The van der Waals surface area contributed by atoms with E-state index < -0.39 is 6.10 Å². The predicted molar refractivity (Wildman–Crippen MR) is 82.0 cm³/mol. The Bertz CT molecular complexity index is 681. The minimum absolute atomic E-state index is 0.296. The third kappa shape index (κ3) is 2.82. The summed E-state index contributed by atoms with van der Waals surface area (Å²) in [5.74, 6) is 0.245. The van der Waals surface area contributed by atoms with Crippen LogP contribution in [0.4, 0.5) is 5.69 Å². The lowest BCUT2D eigenvalue weighted by atomic mass is 10.0. The van der Waals surface area contributed by atoms with Crippen LogP contribution in [0.3, 0.4) is 0 Å². The molecule has 0 aliphatic carbocycles. The SMILES string of the molecule is CCCc1cc(C(=O)Nc2cccc3c2OCCC3O)n[nH]1. The number of nitrogens with one attached hydrogen (secondary N) is 2. The van der Waals surface area contributed by atoms with Gasteiger partial charge >= 0.3 is 0 Å². The minimum atomic E-state index is -0.554. The molecule has 2 aromatic rings. The summed E-state index contributed by atoms with van der Waals surface area (Å²) in [7, 11) is 0. The van der Waals surface area contributed by atoms with Crippen molar-refractivity contribution in [3.63, 3.8) is 0 Å². The van der Waals surface area contributed by atoms with E-state index in [-0.39, 0.29) is 5.91 Å². The van der Waals surface area contributed by atoms with Gasteiger partial charge in [-0.25, -0.2) is 0 Å². The summed E-state index contributed by atoms with van der Waals surface area (Å²) in [5.41, 5.74) is 2.55. The van der Waals surface area contributed by atoms with Crippen LogP contribution in [0, 0.1) is 0 Å². The minimum Gasteiger partial charge on any atom is -0.491 e. The fourth-order valence-electron chi connectivity index (χ4n) is 2.57. The number of carbonyl (C=O) groups is 1. The normalized spacial score (nSPS) is 16.7. The number of aromatic nitrogens is 2. The van der Waals surface area contributed by atoms with E-state index in [9.17, 15) is 9.90 Å². The molecule has 1 atom stereocenters. The summed E-state index contributed by atoms with van der Waals surface area (Å²) < 4.78 is 5.60. The Morgan fingerprint density at radius 2 is 2.41 bits per heavy atom. The Morgan fingerprint density at radius 1 is 1.55 bits per heavy atom. The van der Waals surface area contributed by atoms with Gasteiger partial charge in [0.1, 0.15) is 5.75 Å². The summed E-state index contributed by atoms with van der Waals surface area (Å²) in [6, 6.07) is 7.11. The number of H-pyrrole nitrogens is 1. The quantitative estimate of drug-likeness (QED) is 0.809. The molecule has 2 heterocycles. The van der Waals surface area contributed by atoms with Crippen molar-refractivity contribution in [1.82, 2.24) is 10.2 Å². The Balaban J connectivity index is 1.80. The molecule has 22 heavy (non-hydrogen) atoms. The van der Waals surface area contributed by atoms with Gasteiger partial charge in [0, 0.05) is 17.7 Å². The number of ether oxygens (including phenoxy) is 1. The Hall–Kier alpha value is -2.34. The summed E-state index contributed by atoms with van der Waals surface area (Å²) in [4.78, 5) is 12.3. The molecule has 0 saturated carbocycles. The lowest BCUT2D eigenvalue weighted by Crippen LogP contribution is -2.18. The number of fused-ring (bicyclic) bond motifs is 1. The van der Waals surface area contributed by atoms with Crippen molar-refractivity contribution in [2.75, 3.05) is 11.9 Å². The first kappa shape index (κ1) is 14.6. The molecule has 1 aromatic carbocycles. The Morgan fingerprint density at radius 3 is 3.23 bits per heavy atom. The second-order valence-electron chi connectivity index (χ2n) is 5.36. The first-order chi connectivity index (χ1) is 10.7. The summed E-state index contributed by atoms with van der Waals surface area (Å²) in [6.07, 6.45) is 1.85. The summed E-state index contributed by atoms with van der Waals surface area (Å²) in [6.45, 7) is 2.50. The van der Waals surface area contributed by atoms with E-state index in [0.717, 1.165) is 18.5 Å². The third-order valence-corrected chi connectivity index (χ3v) is 3.67. The van der Waals surface area contributed by atoms with Gasteiger partial charge in [-0.3, -0.25) is 9.89 Å². The van der Waals surface area contributed by atoms with Crippen LogP contribution in [-0.4, -0.2) is 27.8 Å². The van der Waals surface area contributed by atoms with Crippen molar-refractivity contribution in [2.45, 2.75) is 32.3 Å². The number of amides is 1. The van der Waals surface area contributed by atoms with Crippen molar-refractivity contribution >= 4 is 11.6 Å². The zero-order valence-corrected chi connectivity index (χ0v) is 12.4. The number of aromatic amines is 1. The highest BCUT2D eigenvalue weighted by molar-refractivity contribution is 6.03. The van der Waals surface area contributed by atoms with Crippen LogP contribution in [0.2, 0.25) is 0 Å². The molecule has 1 aliphatic heterocycles. The largest absolute Gasteiger partial charge is 0.491 e. The first-order valence-electron chi connectivity index (χ1n) is 7.48. The maximum absolute atomic E-state index is 12.3. The van der Waals surface area contributed by atoms with Crippen molar-refractivity contribution in [1.29, 1.82) is 0 Å². The number of benzene rings is 1. The highest BCUT2D eigenvalue weighted by atomic mass is 16.5. The second kappa shape index (κ2) is 6.19. The molecule has 1 unspecified atom stereocenters. The highest BCUT2D eigenvalue weighted by Crippen LogP contribution is 2.37. The van der Waals surface area contributed by atoms with Gasteiger partial charge < -0.3 is 15.2 Å². The number of carbonyl (C=O) groups excluding carboxylic acids is 1. The topological polar surface area (TPSA) is 87.2 Å². The van der Waals surface area contributed by atoms with Gasteiger partial charge in [-0.15, -0.1) is 0 Å². The number of hydrogen-bond donors (Lipinski definition) is 3. The van der Waals surface area contributed by atoms with Gasteiger partial charge in [-0.05, 0) is 18.6 Å². The van der Waals surface area contributed by atoms with Gasteiger partial charge in [0.05, 0.1) is 18.4 Å². The monoisotopic (exact) mass is 301 g/mol. The molecular weight excluding hydrogens is 282 g/mol. The van der Waals surface area contributed by atoms with Crippen LogP contribution in [0.25, 0.3) is 0 Å². The molecule has 1 amide bonds. The number of para-hydroxylation sites is 1. The maximum atomic E-state index is 12.3. The molecule has 116 valence electrons. The number of hydrogen-bond acceptors (Lipinski definition) is 4. The molecular formula is C16H19N3O3. The lowest BCUT2D eigenvalue weighted by Gasteiger charge is -2.24. The van der Waals surface area contributed by atoms with Crippen LogP contribution >= 0.6 is 0 Å². The van der Waals surface area contributed by atoms with E-state index >= 15 is 0 Å². The zero-order chi connectivity index (χ0) is 15.5. The molecule has 6 heteroatoms. The Labute approximate surface area is 128 Å². The number of nitrogens with zero attached hydrogens (tertiary/aromatic N) is 1. The second-order valence-corrected chi connectivity index (χ2v) is 5.36. The molecule has 3 rings (SSSR count). The van der Waals surface area contributed by atoms with Crippen molar-refractivity contribution in [2.24, 2.45) is 0 Å². The zero-order valence-electron chi connectivity index (χ0n) is 12.4. The summed E-state index contributed by atoms with van der Waals surface area (Å²) in [5, 5.41) is 19.7. The highest BCUT2D eigenvalue weighted by Gasteiger charge is 2.23. The lowest BCUT2D eigenvalue weighted by molar-refractivity contribution is 0.101. The van der Waals surface area contributed by atoms with Crippen LogP contribution in [-0.2, 0) is 6.42 Å². The average Bonchev–Trinajstić information content (AvgIpc) is 2.97. The standard InChI is InChI=1S/C16H19N3O3/c1-2-4-10-9-13(19-18-10)16(21)17-12-6-3-5-11-14(20)7-8-22-15(11)12/h3,5-6,9,14,20H,2,4,7-8H2,1H3,(H,17,21)(H,18,19). The molecule has 0 bridgehead atoms. The summed E-state index contributed by atoms with van der Waals surface area (Å²) >= 11 is 0. The fraction of sp³-hybridized carbons (Fsp3) is 0.375. The van der Waals surface area contributed by atoms with E-state index in [0.29, 0.717) is 35.7 Å². The third-order valence-electron chi connectivity index (χ3n) is 3.67. The number of aliphatic hydroxyl groups excluding tert-OH is 1. The molecule has 1 aliphatic rings. The Kier molecular flexibility index (Phi) is 4.11. The number of aliphatic hydroxyl groups is 1.